The van der Waals surface area contributed by atoms with Crippen molar-refractivity contribution < 1.29 is 13.2 Å². The van der Waals surface area contributed by atoms with E-state index in [1.54, 1.807) is 12.1 Å². The fourth-order valence-corrected chi connectivity index (χ4v) is 2.86. The van der Waals surface area contributed by atoms with Gasteiger partial charge in [0, 0.05) is 10.5 Å². The number of benzene rings is 1. The van der Waals surface area contributed by atoms with Gasteiger partial charge in [0.1, 0.15) is 0 Å². The zero-order valence-corrected chi connectivity index (χ0v) is 8.84. The van der Waals surface area contributed by atoms with Gasteiger partial charge >= 0.3 is 0 Å². The molecule has 2 N–H and O–H groups in total. The molecule has 1 amide bonds. The number of sulfone groups is 1. The Morgan fingerprint density at radius 2 is 2.00 bits per heavy atom. The summed E-state index contributed by atoms with van der Waals surface area (Å²) in [4.78, 5) is 11.4. The lowest BCUT2D eigenvalue weighted by molar-refractivity contribution is 0.1000. The lowest BCUT2D eigenvalue weighted by Crippen LogP contribution is -2.11. The topological polar surface area (TPSA) is 77.2 Å². The minimum absolute atomic E-state index is 0.163. The van der Waals surface area contributed by atoms with E-state index in [2.05, 4.69) is 0 Å². The predicted octanol–water partition coefficient (Wildman–Crippen LogP) is 0.934. The van der Waals surface area contributed by atoms with Crippen molar-refractivity contribution in [2.24, 2.45) is 5.73 Å². The van der Waals surface area contributed by atoms with Gasteiger partial charge in [-0.15, -0.1) is 0 Å². The molecule has 0 bridgehead atoms. The molecule has 0 saturated carbocycles. The van der Waals surface area contributed by atoms with Gasteiger partial charge in [0.2, 0.25) is 15.7 Å². The highest BCUT2D eigenvalue weighted by Crippen LogP contribution is 2.32. The summed E-state index contributed by atoms with van der Waals surface area (Å²) >= 11 is 0. The van der Waals surface area contributed by atoms with Gasteiger partial charge in [-0.2, -0.15) is 0 Å². The Morgan fingerprint density at radius 3 is 2.60 bits per heavy atom. The summed E-state index contributed by atoms with van der Waals surface area (Å²) in [5, 5.41) is 0. The second kappa shape index (κ2) is 2.93. The normalized spacial score (nSPS) is 17.0. The van der Waals surface area contributed by atoms with Gasteiger partial charge in [-0.25, -0.2) is 8.42 Å². The third-order valence-corrected chi connectivity index (χ3v) is 4.27. The molecular formula is C10H9NO3S. The highest BCUT2D eigenvalue weighted by Gasteiger charge is 2.26. The highest BCUT2D eigenvalue weighted by molar-refractivity contribution is 7.95. The summed E-state index contributed by atoms with van der Waals surface area (Å²) in [6.45, 7) is 1.53. The molecule has 2 rings (SSSR count). The summed E-state index contributed by atoms with van der Waals surface area (Å²) in [6, 6.07) is 4.43. The monoisotopic (exact) mass is 223 g/mol. The van der Waals surface area contributed by atoms with E-state index in [9.17, 15) is 13.2 Å². The number of carbonyl (C=O) groups excluding carboxylic acids is 1. The number of carbonyl (C=O) groups is 1. The number of rotatable bonds is 1. The summed E-state index contributed by atoms with van der Waals surface area (Å²) in [7, 11) is -3.39. The Kier molecular flexibility index (Phi) is 1.94. The Morgan fingerprint density at radius 1 is 1.33 bits per heavy atom. The first-order chi connectivity index (χ1) is 6.93. The molecule has 1 aliphatic heterocycles. The maximum Gasteiger partial charge on any atom is 0.248 e. The van der Waals surface area contributed by atoms with Crippen LogP contribution in [0, 0.1) is 0 Å². The molecule has 5 heteroatoms. The molecule has 4 nitrogen and oxygen atoms in total. The number of hydrogen-bond acceptors (Lipinski definition) is 3. The van der Waals surface area contributed by atoms with Gasteiger partial charge in [-0.05, 0) is 30.7 Å². The van der Waals surface area contributed by atoms with E-state index in [0.29, 0.717) is 10.5 Å². The van der Waals surface area contributed by atoms with Crippen molar-refractivity contribution in [1.82, 2.24) is 0 Å². The molecule has 1 aromatic carbocycles. The summed E-state index contributed by atoms with van der Waals surface area (Å²) in [5.41, 5.74) is 5.90. The van der Waals surface area contributed by atoms with Gasteiger partial charge in [0.05, 0.1) is 4.90 Å². The molecule has 1 aliphatic rings. The van der Waals surface area contributed by atoms with Crippen LogP contribution in [0.5, 0.6) is 0 Å². The first-order valence-electron chi connectivity index (χ1n) is 4.30. The van der Waals surface area contributed by atoms with Crippen molar-refractivity contribution in [2.45, 2.75) is 11.8 Å². The number of primary amides is 1. The molecule has 0 atom stereocenters. The van der Waals surface area contributed by atoms with Gasteiger partial charge in [0.25, 0.3) is 0 Å². The van der Waals surface area contributed by atoms with Crippen molar-refractivity contribution in [3.05, 3.63) is 34.2 Å². The molecule has 0 saturated heterocycles. The molecule has 0 fully saturated rings. The van der Waals surface area contributed by atoms with Gasteiger partial charge < -0.3 is 5.73 Å². The molecule has 1 heterocycles. The fraction of sp³-hybridized carbons (Fsp3) is 0.100. The summed E-state index contributed by atoms with van der Waals surface area (Å²) < 4.78 is 23.5. The Hall–Kier alpha value is -1.62. The van der Waals surface area contributed by atoms with Crippen molar-refractivity contribution in [3.63, 3.8) is 0 Å². The van der Waals surface area contributed by atoms with Crippen LogP contribution in [0.3, 0.4) is 0 Å². The zero-order chi connectivity index (χ0) is 11.2. The molecule has 15 heavy (non-hydrogen) atoms. The second-order valence-corrected chi connectivity index (χ2v) is 5.47. The third-order valence-electron chi connectivity index (χ3n) is 2.37. The van der Waals surface area contributed by atoms with Crippen LogP contribution in [0.2, 0.25) is 0 Å². The smallest absolute Gasteiger partial charge is 0.248 e. The van der Waals surface area contributed by atoms with Crippen molar-refractivity contribution >= 4 is 21.8 Å². The maximum absolute atomic E-state index is 11.7. The standard InChI is InChI=1S/C10H9NO3S/c1-6-4-7-2-3-8(10(11)12)5-9(7)15(6,13)14/h2-5H,1H3,(H2,11,12). The highest BCUT2D eigenvalue weighted by atomic mass is 32.2. The van der Waals surface area contributed by atoms with E-state index in [0.717, 1.165) is 0 Å². The SMILES string of the molecule is CC1=Cc2ccc(C(N)=O)cc2S1(=O)=O. The van der Waals surface area contributed by atoms with Crippen LogP contribution < -0.4 is 5.73 Å². The average Bonchev–Trinajstić information content (AvgIpc) is 2.38. The van der Waals surface area contributed by atoms with Crippen LogP contribution in [0.1, 0.15) is 22.8 Å². The summed E-state index contributed by atoms with van der Waals surface area (Å²) in [5.74, 6) is -0.627. The van der Waals surface area contributed by atoms with Crippen LogP contribution in [0.4, 0.5) is 0 Å². The molecule has 0 spiro atoms. The Balaban J connectivity index is 2.71. The van der Waals surface area contributed by atoms with E-state index in [4.69, 9.17) is 5.73 Å². The van der Waals surface area contributed by atoms with Crippen LogP contribution in [-0.4, -0.2) is 14.3 Å². The molecule has 78 valence electrons. The first-order valence-corrected chi connectivity index (χ1v) is 5.78. The first kappa shape index (κ1) is 9.92. The third kappa shape index (κ3) is 1.35. The van der Waals surface area contributed by atoms with E-state index in [1.165, 1.54) is 19.1 Å². The Bertz CT molecular complexity index is 585. The van der Waals surface area contributed by atoms with Crippen LogP contribution in [0.15, 0.2) is 28.0 Å². The summed E-state index contributed by atoms with van der Waals surface area (Å²) in [6.07, 6.45) is 1.58. The van der Waals surface area contributed by atoms with Crippen molar-refractivity contribution in [2.75, 3.05) is 0 Å². The molecular weight excluding hydrogens is 214 g/mol. The number of hydrogen-bond donors (Lipinski definition) is 1. The Labute approximate surface area is 87.3 Å². The lowest BCUT2D eigenvalue weighted by Gasteiger charge is -2.01. The van der Waals surface area contributed by atoms with E-state index < -0.39 is 15.7 Å². The predicted molar refractivity (Wildman–Crippen MR) is 55.8 cm³/mol. The largest absolute Gasteiger partial charge is 0.366 e. The fourth-order valence-electron chi connectivity index (χ4n) is 1.51. The van der Waals surface area contributed by atoms with Crippen LogP contribution in [0.25, 0.3) is 6.08 Å². The number of nitrogens with two attached hydrogens (primary N) is 1. The zero-order valence-electron chi connectivity index (χ0n) is 8.02. The van der Waals surface area contributed by atoms with Crippen LogP contribution in [-0.2, 0) is 9.84 Å². The average molecular weight is 223 g/mol. The molecule has 1 aromatic rings. The maximum atomic E-state index is 11.7. The van der Waals surface area contributed by atoms with Gasteiger partial charge in [0.15, 0.2) is 0 Å². The lowest BCUT2D eigenvalue weighted by atomic mass is 10.1. The second-order valence-electron chi connectivity index (χ2n) is 3.38. The van der Waals surface area contributed by atoms with E-state index in [-0.39, 0.29) is 10.5 Å². The van der Waals surface area contributed by atoms with E-state index >= 15 is 0 Å². The van der Waals surface area contributed by atoms with Gasteiger partial charge in [-0.1, -0.05) is 6.07 Å². The van der Waals surface area contributed by atoms with Crippen molar-refractivity contribution in [1.29, 1.82) is 0 Å². The molecule has 0 radical (unpaired) electrons. The van der Waals surface area contributed by atoms with Gasteiger partial charge in [-0.3, -0.25) is 4.79 Å². The molecule has 0 aromatic heterocycles. The van der Waals surface area contributed by atoms with Crippen LogP contribution >= 0.6 is 0 Å². The number of amides is 1. The molecule has 0 unspecified atom stereocenters. The molecule has 0 aliphatic carbocycles. The minimum Gasteiger partial charge on any atom is -0.366 e. The number of fused-ring (bicyclic) bond motifs is 1. The minimum atomic E-state index is -3.39. The van der Waals surface area contributed by atoms with Crippen molar-refractivity contribution in [3.8, 4) is 0 Å². The number of allylic oxidation sites excluding steroid dienone is 1. The van der Waals surface area contributed by atoms with E-state index in [1.807, 2.05) is 0 Å². The quantitative estimate of drug-likeness (QED) is 0.769.